The molecule has 6 nitrogen and oxygen atoms in total. The predicted molar refractivity (Wildman–Crippen MR) is 104 cm³/mol. The minimum atomic E-state index is 0.157. The number of nitriles is 1. The van der Waals surface area contributed by atoms with Crippen LogP contribution in [0.1, 0.15) is 16.1 Å². The molecule has 1 aromatic carbocycles. The van der Waals surface area contributed by atoms with Crippen LogP contribution in [0.25, 0.3) is 16.8 Å². The van der Waals surface area contributed by atoms with Crippen molar-refractivity contribution in [3.63, 3.8) is 0 Å². The SMILES string of the molecule is N#Cc1ccc(-c2csc(C3=C(O)CN(Cc4cccnc4)C3=N)n2)cc1. The normalized spacial score (nSPS) is 13.9. The lowest BCUT2D eigenvalue weighted by atomic mass is 10.1. The summed E-state index contributed by atoms with van der Waals surface area (Å²) in [7, 11) is 0. The van der Waals surface area contributed by atoms with Gasteiger partial charge in [0.05, 0.1) is 29.4 Å². The van der Waals surface area contributed by atoms with Gasteiger partial charge in [-0.3, -0.25) is 10.4 Å². The average Bonchev–Trinajstić information content (AvgIpc) is 3.27. The van der Waals surface area contributed by atoms with E-state index in [-0.39, 0.29) is 18.1 Å². The fourth-order valence-corrected chi connectivity index (χ4v) is 3.84. The Bertz CT molecular complexity index is 1060. The number of thiazole rings is 1. The number of pyridine rings is 1. The van der Waals surface area contributed by atoms with Crippen LogP contribution in [0.3, 0.4) is 0 Å². The second-order valence-electron chi connectivity index (χ2n) is 6.11. The van der Waals surface area contributed by atoms with Crippen molar-refractivity contribution in [1.82, 2.24) is 14.9 Å². The number of hydrogen-bond acceptors (Lipinski definition) is 6. The van der Waals surface area contributed by atoms with E-state index >= 15 is 0 Å². The molecule has 1 aliphatic rings. The van der Waals surface area contributed by atoms with Crippen molar-refractivity contribution >= 4 is 22.7 Å². The van der Waals surface area contributed by atoms with E-state index in [1.54, 1.807) is 29.4 Å². The van der Waals surface area contributed by atoms with Gasteiger partial charge in [0, 0.05) is 29.9 Å². The van der Waals surface area contributed by atoms with Crippen molar-refractivity contribution < 1.29 is 5.11 Å². The van der Waals surface area contributed by atoms with E-state index in [2.05, 4.69) is 16.0 Å². The van der Waals surface area contributed by atoms with Crippen LogP contribution in [-0.2, 0) is 6.54 Å². The van der Waals surface area contributed by atoms with Crippen molar-refractivity contribution in [2.75, 3.05) is 6.54 Å². The quantitative estimate of drug-likeness (QED) is 0.724. The highest BCUT2D eigenvalue weighted by molar-refractivity contribution is 7.11. The molecule has 132 valence electrons. The first kappa shape index (κ1) is 16.9. The van der Waals surface area contributed by atoms with E-state index in [1.807, 2.05) is 29.6 Å². The summed E-state index contributed by atoms with van der Waals surface area (Å²) in [5.41, 5.74) is 3.71. The van der Waals surface area contributed by atoms with Crippen LogP contribution in [0.2, 0.25) is 0 Å². The van der Waals surface area contributed by atoms with E-state index in [1.165, 1.54) is 11.3 Å². The Labute approximate surface area is 160 Å². The highest BCUT2D eigenvalue weighted by atomic mass is 32.1. The first-order chi connectivity index (χ1) is 13.2. The summed E-state index contributed by atoms with van der Waals surface area (Å²) < 4.78 is 0. The molecular formula is C20H15N5OS. The molecule has 3 heterocycles. The van der Waals surface area contributed by atoms with Crippen molar-refractivity contribution in [2.24, 2.45) is 0 Å². The van der Waals surface area contributed by atoms with Crippen molar-refractivity contribution in [3.8, 4) is 17.3 Å². The standard InChI is InChI=1S/C20H15N5OS/c21-8-13-3-5-15(6-4-13)16-12-27-20(24-16)18-17(26)11-25(19(18)22)10-14-2-1-7-23-9-14/h1-7,9,12,22,26H,10-11H2. The molecular weight excluding hydrogens is 358 g/mol. The summed E-state index contributed by atoms with van der Waals surface area (Å²) in [6.45, 7) is 0.795. The molecule has 2 aromatic heterocycles. The van der Waals surface area contributed by atoms with Crippen LogP contribution in [0.5, 0.6) is 0 Å². The number of aromatic nitrogens is 2. The van der Waals surface area contributed by atoms with E-state index in [0.717, 1.165) is 16.8 Å². The van der Waals surface area contributed by atoms with Crippen LogP contribution in [0.4, 0.5) is 0 Å². The Morgan fingerprint density at radius 3 is 2.78 bits per heavy atom. The molecule has 0 fully saturated rings. The van der Waals surface area contributed by atoms with Gasteiger partial charge in [0.2, 0.25) is 0 Å². The number of hydrogen-bond donors (Lipinski definition) is 2. The highest BCUT2D eigenvalue weighted by Crippen LogP contribution is 2.32. The summed E-state index contributed by atoms with van der Waals surface area (Å²) >= 11 is 1.39. The molecule has 0 radical (unpaired) electrons. The zero-order chi connectivity index (χ0) is 18.8. The minimum Gasteiger partial charge on any atom is -0.510 e. The monoisotopic (exact) mass is 373 g/mol. The van der Waals surface area contributed by atoms with E-state index in [0.29, 0.717) is 22.7 Å². The van der Waals surface area contributed by atoms with Gasteiger partial charge in [0.1, 0.15) is 16.6 Å². The number of benzene rings is 1. The third-order valence-corrected chi connectivity index (χ3v) is 5.17. The van der Waals surface area contributed by atoms with Gasteiger partial charge in [-0.2, -0.15) is 5.26 Å². The summed E-state index contributed by atoms with van der Waals surface area (Å²) in [4.78, 5) is 10.5. The first-order valence-corrected chi connectivity index (χ1v) is 9.15. The molecule has 0 spiro atoms. The molecule has 7 heteroatoms. The molecule has 27 heavy (non-hydrogen) atoms. The molecule has 1 aliphatic heterocycles. The predicted octanol–water partition coefficient (Wildman–Crippen LogP) is 3.84. The fourth-order valence-electron chi connectivity index (χ4n) is 2.94. The third-order valence-electron chi connectivity index (χ3n) is 4.31. The Morgan fingerprint density at radius 1 is 1.26 bits per heavy atom. The maximum Gasteiger partial charge on any atom is 0.135 e. The van der Waals surface area contributed by atoms with Crippen LogP contribution in [-0.4, -0.2) is 32.4 Å². The number of nitrogens with zero attached hydrogens (tertiary/aromatic N) is 4. The molecule has 2 N–H and O–H groups in total. The average molecular weight is 373 g/mol. The van der Waals surface area contributed by atoms with Gasteiger partial charge in [-0.25, -0.2) is 4.98 Å². The van der Waals surface area contributed by atoms with Gasteiger partial charge < -0.3 is 10.0 Å². The van der Waals surface area contributed by atoms with Gasteiger partial charge in [0.25, 0.3) is 0 Å². The maximum atomic E-state index is 10.4. The van der Waals surface area contributed by atoms with Gasteiger partial charge in [-0.05, 0) is 23.8 Å². The van der Waals surface area contributed by atoms with Gasteiger partial charge in [0.15, 0.2) is 0 Å². The number of nitrogens with one attached hydrogen (secondary N) is 1. The van der Waals surface area contributed by atoms with Gasteiger partial charge in [-0.15, -0.1) is 11.3 Å². The Kier molecular flexibility index (Phi) is 4.40. The lowest BCUT2D eigenvalue weighted by molar-refractivity contribution is 0.347. The smallest absolute Gasteiger partial charge is 0.135 e. The number of aliphatic hydroxyl groups is 1. The lowest BCUT2D eigenvalue weighted by Crippen LogP contribution is -2.26. The summed E-state index contributed by atoms with van der Waals surface area (Å²) in [5, 5.41) is 30.3. The molecule has 0 saturated carbocycles. The van der Waals surface area contributed by atoms with E-state index < -0.39 is 0 Å². The largest absolute Gasteiger partial charge is 0.510 e. The van der Waals surface area contributed by atoms with Crippen LogP contribution in [0, 0.1) is 16.7 Å². The van der Waals surface area contributed by atoms with E-state index in [4.69, 9.17) is 10.7 Å². The second kappa shape index (κ2) is 7.02. The zero-order valence-electron chi connectivity index (χ0n) is 14.3. The number of aliphatic hydroxyl groups excluding tert-OH is 1. The van der Waals surface area contributed by atoms with Gasteiger partial charge in [-0.1, -0.05) is 18.2 Å². The maximum absolute atomic E-state index is 10.4. The second-order valence-corrected chi connectivity index (χ2v) is 6.97. The number of amidine groups is 1. The minimum absolute atomic E-state index is 0.157. The van der Waals surface area contributed by atoms with Crippen molar-refractivity contribution in [3.05, 3.63) is 76.1 Å². The molecule has 3 aromatic rings. The lowest BCUT2D eigenvalue weighted by Gasteiger charge is -2.18. The molecule has 0 bridgehead atoms. The zero-order valence-corrected chi connectivity index (χ0v) is 15.1. The molecule has 0 aliphatic carbocycles. The van der Waals surface area contributed by atoms with Crippen LogP contribution >= 0.6 is 11.3 Å². The molecule has 0 amide bonds. The van der Waals surface area contributed by atoms with E-state index in [9.17, 15) is 5.11 Å². The molecule has 0 saturated heterocycles. The van der Waals surface area contributed by atoms with Crippen LogP contribution < -0.4 is 0 Å². The van der Waals surface area contributed by atoms with Crippen LogP contribution in [0.15, 0.2) is 59.9 Å². The molecule has 0 atom stereocenters. The fraction of sp³-hybridized carbons (Fsp3) is 0.100. The first-order valence-electron chi connectivity index (χ1n) is 8.27. The Morgan fingerprint density at radius 2 is 2.07 bits per heavy atom. The molecule has 0 unspecified atom stereocenters. The summed E-state index contributed by atoms with van der Waals surface area (Å²) in [6, 6.07) is 13.1. The summed E-state index contributed by atoms with van der Waals surface area (Å²) in [5.74, 6) is 0.418. The summed E-state index contributed by atoms with van der Waals surface area (Å²) in [6.07, 6.45) is 3.47. The van der Waals surface area contributed by atoms with Crippen molar-refractivity contribution in [2.45, 2.75) is 6.54 Å². The van der Waals surface area contributed by atoms with Crippen molar-refractivity contribution in [1.29, 1.82) is 10.7 Å². The highest BCUT2D eigenvalue weighted by Gasteiger charge is 2.30. The van der Waals surface area contributed by atoms with Gasteiger partial charge >= 0.3 is 0 Å². The molecule has 4 rings (SSSR count). The Balaban J connectivity index is 1.56. The number of rotatable bonds is 4. The Hall–Kier alpha value is -3.50. The topological polar surface area (TPSA) is 96.9 Å². The third kappa shape index (κ3) is 3.30.